The summed E-state index contributed by atoms with van der Waals surface area (Å²) in [5.41, 5.74) is 2.51. The quantitative estimate of drug-likeness (QED) is 0.248. The van der Waals surface area contributed by atoms with Crippen LogP contribution in [0.3, 0.4) is 0 Å². The molecule has 0 spiro atoms. The maximum Gasteiger partial charge on any atom is 0.269 e. The Bertz CT molecular complexity index is 814. The van der Waals surface area contributed by atoms with Crippen LogP contribution < -0.4 is 9.47 Å². The van der Waals surface area contributed by atoms with E-state index in [1.807, 2.05) is 25.1 Å². The fourth-order valence-corrected chi connectivity index (χ4v) is 2.51. The van der Waals surface area contributed by atoms with Crippen molar-refractivity contribution < 1.29 is 14.4 Å². The molecule has 0 saturated carbocycles. The van der Waals surface area contributed by atoms with Crippen LogP contribution in [-0.4, -0.2) is 24.4 Å². The van der Waals surface area contributed by atoms with Crippen LogP contribution in [0.4, 0.5) is 11.4 Å². The van der Waals surface area contributed by atoms with Gasteiger partial charge in [-0.05, 0) is 49.6 Å². The molecule has 0 aliphatic heterocycles. The molecule has 0 amide bonds. The minimum Gasteiger partial charge on any atom is -0.490 e. The SMILES string of the molecule is C=CCc1cc(C=Nc2ccc([N+](=O)[O-])cc2)cc(OCC)c1OCCC. The molecule has 6 nitrogen and oxygen atoms in total. The highest BCUT2D eigenvalue weighted by molar-refractivity contribution is 5.84. The molecule has 2 rings (SSSR count). The number of benzene rings is 2. The van der Waals surface area contributed by atoms with Gasteiger partial charge in [-0.15, -0.1) is 6.58 Å². The lowest BCUT2D eigenvalue weighted by atomic mass is 10.1. The van der Waals surface area contributed by atoms with E-state index in [4.69, 9.17) is 9.47 Å². The van der Waals surface area contributed by atoms with Gasteiger partial charge in [0, 0.05) is 23.9 Å². The summed E-state index contributed by atoms with van der Waals surface area (Å²) < 4.78 is 11.7. The average Bonchev–Trinajstić information content (AvgIpc) is 2.66. The predicted octanol–water partition coefficient (Wildman–Crippen LogP) is 5.26. The van der Waals surface area contributed by atoms with Crippen LogP contribution in [0.5, 0.6) is 11.5 Å². The molecule has 0 aliphatic rings. The minimum absolute atomic E-state index is 0.0401. The summed E-state index contributed by atoms with van der Waals surface area (Å²) in [6.07, 6.45) is 5.09. The van der Waals surface area contributed by atoms with Crippen molar-refractivity contribution in [1.82, 2.24) is 0 Å². The highest BCUT2D eigenvalue weighted by atomic mass is 16.6. The molecular formula is C21H24N2O4. The molecule has 0 aliphatic carbocycles. The number of non-ortho nitro benzene ring substituents is 1. The van der Waals surface area contributed by atoms with Crippen molar-refractivity contribution >= 4 is 17.6 Å². The summed E-state index contributed by atoms with van der Waals surface area (Å²) in [5.74, 6) is 1.42. The fraction of sp³-hybridized carbons (Fsp3) is 0.286. The fourth-order valence-electron chi connectivity index (χ4n) is 2.51. The largest absolute Gasteiger partial charge is 0.490 e. The van der Waals surface area contributed by atoms with Crippen LogP contribution in [0.1, 0.15) is 31.4 Å². The third kappa shape index (κ3) is 5.67. The Balaban J connectivity index is 2.34. The van der Waals surface area contributed by atoms with Gasteiger partial charge in [-0.25, -0.2) is 0 Å². The van der Waals surface area contributed by atoms with Crippen LogP contribution in [0.2, 0.25) is 0 Å². The molecule has 142 valence electrons. The number of rotatable bonds is 10. The van der Waals surface area contributed by atoms with Gasteiger partial charge in [0.2, 0.25) is 0 Å². The highest BCUT2D eigenvalue weighted by Gasteiger charge is 2.12. The Morgan fingerprint density at radius 1 is 1.19 bits per heavy atom. The van der Waals surface area contributed by atoms with Crippen LogP contribution in [0.25, 0.3) is 0 Å². The Labute approximate surface area is 159 Å². The lowest BCUT2D eigenvalue weighted by Crippen LogP contribution is -2.04. The first-order chi connectivity index (χ1) is 13.1. The second-order valence-electron chi connectivity index (χ2n) is 5.81. The maximum atomic E-state index is 10.7. The van der Waals surface area contributed by atoms with Crippen molar-refractivity contribution in [3.8, 4) is 11.5 Å². The van der Waals surface area contributed by atoms with Crippen LogP contribution in [0, 0.1) is 10.1 Å². The Hall–Kier alpha value is -3.15. The molecule has 0 unspecified atom stereocenters. The summed E-state index contributed by atoms with van der Waals surface area (Å²) in [7, 11) is 0. The van der Waals surface area contributed by atoms with Crippen molar-refractivity contribution in [2.24, 2.45) is 4.99 Å². The number of nitro benzene ring substituents is 1. The summed E-state index contributed by atoms with van der Waals surface area (Å²) in [5, 5.41) is 10.7. The van der Waals surface area contributed by atoms with E-state index in [0.29, 0.717) is 31.1 Å². The van der Waals surface area contributed by atoms with Crippen molar-refractivity contribution in [3.63, 3.8) is 0 Å². The van der Waals surface area contributed by atoms with E-state index < -0.39 is 4.92 Å². The monoisotopic (exact) mass is 368 g/mol. The van der Waals surface area contributed by atoms with Gasteiger partial charge in [0.05, 0.1) is 23.8 Å². The smallest absolute Gasteiger partial charge is 0.269 e. The zero-order chi connectivity index (χ0) is 19.6. The first-order valence-corrected chi connectivity index (χ1v) is 8.91. The second-order valence-corrected chi connectivity index (χ2v) is 5.81. The molecular weight excluding hydrogens is 344 g/mol. The van der Waals surface area contributed by atoms with E-state index in [1.54, 1.807) is 18.3 Å². The van der Waals surface area contributed by atoms with E-state index in [9.17, 15) is 10.1 Å². The predicted molar refractivity (Wildman–Crippen MR) is 108 cm³/mol. The molecule has 0 N–H and O–H groups in total. The van der Waals surface area contributed by atoms with Crippen molar-refractivity contribution in [3.05, 3.63) is 70.3 Å². The topological polar surface area (TPSA) is 74.0 Å². The molecule has 27 heavy (non-hydrogen) atoms. The van der Waals surface area contributed by atoms with Gasteiger partial charge in [-0.3, -0.25) is 15.1 Å². The maximum absolute atomic E-state index is 10.7. The number of allylic oxidation sites excluding steroid dienone is 1. The van der Waals surface area contributed by atoms with Crippen molar-refractivity contribution in [2.45, 2.75) is 26.7 Å². The molecule has 6 heteroatoms. The third-order valence-electron chi connectivity index (χ3n) is 3.69. The molecule has 0 heterocycles. The number of hydrogen-bond donors (Lipinski definition) is 0. The number of aliphatic imine (C=N–C) groups is 1. The molecule has 0 fully saturated rings. The summed E-state index contributed by atoms with van der Waals surface area (Å²) >= 11 is 0. The van der Waals surface area contributed by atoms with E-state index >= 15 is 0 Å². The minimum atomic E-state index is -0.432. The van der Waals surface area contributed by atoms with Crippen LogP contribution in [-0.2, 0) is 6.42 Å². The lowest BCUT2D eigenvalue weighted by Gasteiger charge is -2.16. The van der Waals surface area contributed by atoms with Gasteiger partial charge in [0.1, 0.15) is 0 Å². The lowest BCUT2D eigenvalue weighted by molar-refractivity contribution is -0.384. The van der Waals surface area contributed by atoms with Crippen LogP contribution >= 0.6 is 0 Å². The first-order valence-electron chi connectivity index (χ1n) is 8.91. The number of hydrogen-bond acceptors (Lipinski definition) is 5. The molecule has 0 aromatic heterocycles. The van der Waals surface area contributed by atoms with Gasteiger partial charge in [-0.2, -0.15) is 0 Å². The molecule has 0 saturated heterocycles. The summed E-state index contributed by atoms with van der Waals surface area (Å²) in [6.45, 7) is 8.93. The van der Waals surface area contributed by atoms with Crippen LogP contribution in [0.15, 0.2) is 54.0 Å². The van der Waals surface area contributed by atoms with E-state index in [0.717, 1.165) is 23.3 Å². The van der Waals surface area contributed by atoms with Crippen molar-refractivity contribution in [2.75, 3.05) is 13.2 Å². The number of ether oxygens (including phenoxy) is 2. The molecule has 2 aromatic carbocycles. The standard InChI is InChI=1S/C21H24N2O4/c1-4-7-17-13-16(14-20(26-6-3)21(17)27-12-5-2)15-22-18-8-10-19(11-9-18)23(24)25/h4,8-11,13-15H,1,5-7,12H2,2-3H3. The zero-order valence-electron chi connectivity index (χ0n) is 15.7. The van der Waals surface area contributed by atoms with Gasteiger partial charge < -0.3 is 9.47 Å². The Morgan fingerprint density at radius 3 is 2.52 bits per heavy atom. The first kappa shape index (κ1) is 20.2. The molecule has 2 aromatic rings. The summed E-state index contributed by atoms with van der Waals surface area (Å²) in [4.78, 5) is 14.7. The van der Waals surface area contributed by atoms with Gasteiger partial charge in [0.25, 0.3) is 5.69 Å². The third-order valence-corrected chi connectivity index (χ3v) is 3.69. The average molecular weight is 368 g/mol. The Morgan fingerprint density at radius 2 is 1.93 bits per heavy atom. The van der Waals surface area contributed by atoms with Gasteiger partial charge in [0.15, 0.2) is 11.5 Å². The van der Waals surface area contributed by atoms with E-state index in [2.05, 4.69) is 18.5 Å². The number of nitrogens with zero attached hydrogens (tertiary/aromatic N) is 2. The van der Waals surface area contributed by atoms with Crippen molar-refractivity contribution in [1.29, 1.82) is 0 Å². The normalized spacial score (nSPS) is 10.7. The molecule has 0 atom stereocenters. The molecule has 0 radical (unpaired) electrons. The number of nitro groups is 1. The van der Waals surface area contributed by atoms with E-state index in [-0.39, 0.29) is 5.69 Å². The highest BCUT2D eigenvalue weighted by Crippen LogP contribution is 2.34. The van der Waals surface area contributed by atoms with Gasteiger partial charge >= 0.3 is 0 Å². The second kappa shape index (κ2) is 10.1. The zero-order valence-corrected chi connectivity index (χ0v) is 15.7. The Kier molecular flexibility index (Phi) is 7.55. The molecule has 0 bridgehead atoms. The summed E-state index contributed by atoms with van der Waals surface area (Å²) in [6, 6.07) is 9.97. The van der Waals surface area contributed by atoms with Gasteiger partial charge in [-0.1, -0.05) is 13.0 Å². The van der Waals surface area contributed by atoms with E-state index in [1.165, 1.54) is 12.1 Å².